The fourth-order valence-corrected chi connectivity index (χ4v) is 3.43. The summed E-state index contributed by atoms with van der Waals surface area (Å²) in [5.74, 6) is 0.744. The molecule has 0 radical (unpaired) electrons. The number of hydrogen-bond donors (Lipinski definition) is 0. The van der Waals surface area contributed by atoms with E-state index >= 15 is 0 Å². The molecule has 7 heteroatoms. The summed E-state index contributed by atoms with van der Waals surface area (Å²) in [5.41, 5.74) is 3.75. The Morgan fingerprint density at radius 3 is 2.58 bits per heavy atom. The van der Waals surface area contributed by atoms with Crippen molar-refractivity contribution >= 4 is 17.5 Å². The fourth-order valence-electron chi connectivity index (χ4n) is 2.55. The van der Waals surface area contributed by atoms with Crippen molar-refractivity contribution in [3.63, 3.8) is 0 Å². The number of methoxy groups -OCH3 is 1. The molecular formula is C19H20N4O2S. The molecular weight excluding hydrogens is 348 g/mol. The van der Waals surface area contributed by atoms with Crippen molar-refractivity contribution in [1.29, 1.82) is 0 Å². The summed E-state index contributed by atoms with van der Waals surface area (Å²) in [4.78, 5) is 12.7. The van der Waals surface area contributed by atoms with E-state index in [2.05, 4.69) is 15.5 Å². The smallest absolute Gasteiger partial charge is 0.214 e. The number of carbonyl (C=O) groups excluding carboxylic acids is 1. The van der Waals surface area contributed by atoms with Crippen molar-refractivity contribution in [1.82, 2.24) is 20.2 Å². The summed E-state index contributed by atoms with van der Waals surface area (Å²) >= 11 is 1.35. The highest BCUT2D eigenvalue weighted by Gasteiger charge is 2.21. The molecule has 3 rings (SSSR count). The van der Waals surface area contributed by atoms with Gasteiger partial charge in [-0.15, -0.1) is 5.10 Å². The minimum absolute atomic E-state index is 0.0215. The van der Waals surface area contributed by atoms with Crippen molar-refractivity contribution in [2.45, 2.75) is 31.2 Å². The Kier molecular flexibility index (Phi) is 5.37. The number of benzene rings is 2. The van der Waals surface area contributed by atoms with Gasteiger partial charge in [-0.1, -0.05) is 23.9 Å². The molecule has 1 atom stereocenters. The molecule has 0 aliphatic carbocycles. The summed E-state index contributed by atoms with van der Waals surface area (Å²) in [5, 5.41) is 12.3. The molecule has 0 saturated heterocycles. The van der Waals surface area contributed by atoms with Crippen LogP contribution in [0.3, 0.4) is 0 Å². The molecule has 1 aromatic heterocycles. The van der Waals surface area contributed by atoms with E-state index in [0.29, 0.717) is 10.7 Å². The van der Waals surface area contributed by atoms with Crippen molar-refractivity contribution in [3.8, 4) is 11.4 Å². The van der Waals surface area contributed by atoms with Gasteiger partial charge in [-0.3, -0.25) is 4.79 Å². The maximum absolute atomic E-state index is 12.7. The Morgan fingerprint density at radius 1 is 1.15 bits per heavy atom. The lowest BCUT2D eigenvalue weighted by Crippen LogP contribution is -2.15. The van der Waals surface area contributed by atoms with E-state index in [4.69, 9.17) is 4.74 Å². The number of ether oxygens (including phenoxy) is 1. The van der Waals surface area contributed by atoms with Crippen LogP contribution in [0.15, 0.2) is 47.6 Å². The molecule has 0 saturated carbocycles. The van der Waals surface area contributed by atoms with E-state index in [0.717, 1.165) is 22.6 Å². The van der Waals surface area contributed by atoms with Gasteiger partial charge >= 0.3 is 0 Å². The minimum atomic E-state index is -0.321. The first-order chi connectivity index (χ1) is 12.5. The first kappa shape index (κ1) is 18.1. The van der Waals surface area contributed by atoms with Gasteiger partial charge in [0.2, 0.25) is 5.16 Å². The lowest BCUT2D eigenvalue weighted by molar-refractivity contribution is 0.0994. The van der Waals surface area contributed by atoms with Crippen LogP contribution in [0, 0.1) is 13.8 Å². The normalized spacial score (nSPS) is 12.0. The van der Waals surface area contributed by atoms with E-state index in [9.17, 15) is 4.79 Å². The monoisotopic (exact) mass is 368 g/mol. The number of rotatable bonds is 6. The maximum Gasteiger partial charge on any atom is 0.214 e. The van der Waals surface area contributed by atoms with Crippen LogP contribution in [0.2, 0.25) is 0 Å². The standard InChI is InChI=1S/C19H20N4O2S/c1-12-5-6-13(2)17(11-12)23-19(20-21-22-23)26-14(3)18(24)15-7-9-16(25-4)10-8-15/h5-11,14H,1-4H3/t14-/m1/s1. The zero-order valence-corrected chi connectivity index (χ0v) is 15.9. The van der Waals surface area contributed by atoms with Gasteiger partial charge < -0.3 is 4.74 Å². The Morgan fingerprint density at radius 2 is 1.88 bits per heavy atom. The van der Waals surface area contributed by atoms with Gasteiger partial charge in [0.05, 0.1) is 18.0 Å². The molecule has 2 aromatic carbocycles. The van der Waals surface area contributed by atoms with Crippen LogP contribution >= 0.6 is 11.8 Å². The predicted molar refractivity (Wildman–Crippen MR) is 101 cm³/mol. The van der Waals surface area contributed by atoms with Gasteiger partial charge in [0, 0.05) is 5.56 Å². The summed E-state index contributed by atoms with van der Waals surface area (Å²) in [7, 11) is 1.60. The number of carbonyl (C=O) groups is 1. The van der Waals surface area contributed by atoms with Crippen molar-refractivity contribution < 1.29 is 9.53 Å². The summed E-state index contributed by atoms with van der Waals surface area (Å²) < 4.78 is 6.82. The molecule has 0 aliphatic heterocycles. The Balaban J connectivity index is 1.82. The molecule has 0 unspecified atom stereocenters. The summed E-state index contributed by atoms with van der Waals surface area (Å²) in [6, 6.07) is 13.2. The number of hydrogen-bond acceptors (Lipinski definition) is 6. The largest absolute Gasteiger partial charge is 0.497 e. The number of ketones is 1. The van der Waals surface area contributed by atoms with E-state index in [1.807, 2.05) is 39.0 Å². The highest BCUT2D eigenvalue weighted by molar-refractivity contribution is 8.00. The quantitative estimate of drug-likeness (QED) is 0.489. The van der Waals surface area contributed by atoms with Crippen LogP contribution in [-0.4, -0.2) is 38.4 Å². The molecule has 0 bridgehead atoms. The second kappa shape index (κ2) is 7.70. The van der Waals surface area contributed by atoms with Crippen LogP contribution in [0.1, 0.15) is 28.4 Å². The number of tetrazole rings is 1. The molecule has 134 valence electrons. The van der Waals surface area contributed by atoms with Gasteiger partial charge in [-0.2, -0.15) is 4.68 Å². The molecule has 3 aromatic rings. The van der Waals surface area contributed by atoms with E-state index in [1.165, 1.54) is 11.8 Å². The van der Waals surface area contributed by atoms with Crippen LogP contribution in [0.25, 0.3) is 5.69 Å². The molecule has 6 nitrogen and oxygen atoms in total. The molecule has 0 fully saturated rings. The second-order valence-electron chi connectivity index (χ2n) is 6.02. The lowest BCUT2D eigenvalue weighted by atomic mass is 10.1. The fraction of sp³-hybridized carbons (Fsp3) is 0.263. The minimum Gasteiger partial charge on any atom is -0.497 e. The van der Waals surface area contributed by atoms with Crippen LogP contribution in [0.5, 0.6) is 5.75 Å². The zero-order chi connectivity index (χ0) is 18.7. The average Bonchev–Trinajstić information content (AvgIpc) is 3.11. The van der Waals surface area contributed by atoms with Crippen molar-refractivity contribution in [3.05, 3.63) is 59.2 Å². The number of aromatic nitrogens is 4. The summed E-state index contributed by atoms with van der Waals surface area (Å²) in [6.45, 7) is 5.89. The van der Waals surface area contributed by atoms with Gasteiger partial charge in [-0.05, 0) is 72.7 Å². The van der Waals surface area contributed by atoms with Crippen molar-refractivity contribution in [2.24, 2.45) is 0 Å². The van der Waals surface area contributed by atoms with Gasteiger partial charge in [0.15, 0.2) is 5.78 Å². The molecule has 26 heavy (non-hydrogen) atoms. The van der Waals surface area contributed by atoms with Crippen molar-refractivity contribution in [2.75, 3.05) is 7.11 Å². The lowest BCUT2D eigenvalue weighted by Gasteiger charge is -2.12. The Labute approximate surface area is 156 Å². The van der Waals surface area contributed by atoms with E-state index in [1.54, 1.807) is 36.1 Å². The highest BCUT2D eigenvalue weighted by Crippen LogP contribution is 2.27. The number of thioether (sulfide) groups is 1. The zero-order valence-electron chi connectivity index (χ0n) is 15.1. The molecule has 0 amide bonds. The van der Waals surface area contributed by atoms with E-state index in [-0.39, 0.29) is 11.0 Å². The van der Waals surface area contributed by atoms with Gasteiger partial charge in [0.25, 0.3) is 0 Å². The predicted octanol–water partition coefficient (Wildman–Crippen LogP) is 3.65. The summed E-state index contributed by atoms with van der Waals surface area (Å²) in [6.07, 6.45) is 0. The molecule has 0 N–H and O–H groups in total. The number of nitrogens with zero attached hydrogens (tertiary/aromatic N) is 4. The van der Waals surface area contributed by atoms with E-state index < -0.39 is 0 Å². The average molecular weight is 368 g/mol. The van der Waals surface area contributed by atoms with Gasteiger partial charge in [0.1, 0.15) is 5.75 Å². The third-order valence-electron chi connectivity index (χ3n) is 4.06. The SMILES string of the molecule is COc1ccc(C(=O)[C@@H](C)Sc2nnnn2-c2cc(C)ccc2C)cc1. The van der Waals surface area contributed by atoms with Crippen LogP contribution < -0.4 is 4.74 Å². The van der Waals surface area contributed by atoms with Crippen LogP contribution in [-0.2, 0) is 0 Å². The number of aryl methyl sites for hydroxylation is 2. The van der Waals surface area contributed by atoms with Gasteiger partial charge in [-0.25, -0.2) is 0 Å². The first-order valence-corrected chi connectivity index (χ1v) is 9.08. The Bertz CT molecular complexity index is 922. The topological polar surface area (TPSA) is 69.9 Å². The maximum atomic E-state index is 12.7. The molecule has 0 aliphatic rings. The van der Waals surface area contributed by atoms with Crippen LogP contribution in [0.4, 0.5) is 0 Å². The third kappa shape index (κ3) is 3.77. The highest BCUT2D eigenvalue weighted by atomic mass is 32.2. The third-order valence-corrected chi connectivity index (χ3v) is 5.09. The molecule has 1 heterocycles. The first-order valence-electron chi connectivity index (χ1n) is 8.20. The molecule has 0 spiro atoms. The second-order valence-corrected chi connectivity index (χ2v) is 7.32. The number of Topliss-reactive ketones (excluding diaryl/α,β-unsaturated/α-hetero) is 1. The Hall–Kier alpha value is -2.67.